The van der Waals surface area contributed by atoms with Gasteiger partial charge in [0.1, 0.15) is 0 Å². The van der Waals surface area contributed by atoms with Gasteiger partial charge in [-0.15, -0.1) is 0 Å². The van der Waals surface area contributed by atoms with Crippen LogP contribution in [0.3, 0.4) is 0 Å². The third-order valence-electron chi connectivity index (χ3n) is 10.6. The van der Waals surface area contributed by atoms with E-state index in [2.05, 4.69) is 109 Å². The molecule has 0 aliphatic heterocycles. The molecule has 4 aliphatic rings. The number of allylic oxidation sites excluding steroid dienone is 14. The third kappa shape index (κ3) is 3.49. The first-order valence-electron chi connectivity index (χ1n) is 16.5. The molecule has 0 amide bonds. The normalized spacial score (nSPS) is 19.5. The molecule has 4 nitrogen and oxygen atoms in total. The largest absolute Gasteiger partial charge is 0.254 e. The van der Waals surface area contributed by atoms with Crippen molar-refractivity contribution < 1.29 is 0 Å². The summed E-state index contributed by atoms with van der Waals surface area (Å²) in [6.45, 7) is 0. The Balaban J connectivity index is 1.14. The molecule has 0 spiro atoms. The Labute approximate surface area is 276 Å². The van der Waals surface area contributed by atoms with Crippen LogP contribution in [0.15, 0.2) is 168 Å². The lowest BCUT2D eigenvalue weighted by Crippen LogP contribution is -2.30. The van der Waals surface area contributed by atoms with E-state index in [9.17, 15) is 0 Å². The number of benzene rings is 3. The highest BCUT2D eigenvalue weighted by molar-refractivity contribution is 6.15. The van der Waals surface area contributed by atoms with Crippen LogP contribution in [0.2, 0.25) is 0 Å². The molecule has 0 fully saturated rings. The van der Waals surface area contributed by atoms with E-state index in [1.807, 2.05) is 36.8 Å². The lowest BCUT2D eigenvalue weighted by molar-refractivity contribution is 0.569. The summed E-state index contributed by atoms with van der Waals surface area (Å²) in [5.41, 5.74) is 15.1. The van der Waals surface area contributed by atoms with Crippen molar-refractivity contribution in [3.05, 3.63) is 179 Å². The molecule has 0 bridgehead atoms. The van der Waals surface area contributed by atoms with Gasteiger partial charge in [-0.2, -0.15) is 0 Å². The number of hydrogen-bond donors (Lipinski definition) is 0. The first kappa shape index (κ1) is 25.9. The fourth-order valence-corrected chi connectivity index (χ4v) is 8.53. The number of para-hydroxylation sites is 1. The molecule has 0 radical (unpaired) electrons. The maximum atomic E-state index is 5.19. The Kier molecular flexibility index (Phi) is 5.19. The molecule has 0 N–H and O–H groups in total. The summed E-state index contributed by atoms with van der Waals surface area (Å²) in [6, 6.07) is 27.7. The standard InChI is InChI=1S/C44H26N4/c1-2-10-37-34(8-1)40(35-20-15-27-6-3-21-45-41(27)44(35)48-37)32-19-14-26-12-17-30-29(16-11-25-13-18-31(32)39(26)38(25)30)36-24-28-7-4-22-46-42(28)43-33(36)9-5-23-47-43/h1-24,38-39H. The second kappa shape index (κ2) is 9.63. The van der Waals surface area contributed by atoms with E-state index in [0.717, 1.165) is 54.5 Å². The lowest BCUT2D eigenvalue weighted by Gasteiger charge is -2.42. The summed E-state index contributed by atoms with van der Waals surface area (Å²) in [5, 5.41) is 5.63. The van der Waals surface area contributed by atoms with Crippen LogP contribution in [0.5, 0.6) is 0 Å². The Morgan fingerprint density at radius 2 is 1.23 bits per heavy atom. The average Bonchev–Trinajstić information content (AvgIpc) is 3.15. The minimum Gasteiger partial charge on any atom is -0.254 e. The molecule has 4 aromatic heterocycles. The molecule has 48 heavy (non-hydrogen) atoms. The van der Waals surface area contributed by atoms with Gasteiger partial charge in [-0.1, -0.05) is 97.1 Å². The average molecular weight is 611 g/mol. The van der Waals surface area contributed by atoms with E-state index in [-0.39, 0.29) is 11.8 Å². The number of aromatic nitrogens is 4. The van der Waals surface area contributed by atoms with Crippen LogP contribution < -0.4 is 0 Å². The van der Waals surface area contributed by atoms with Gasteiger partial charge in [-0.25, -0.2) is 4.98 Å². The fourth-order valence-electron chi connectivity index (χ4n) is 8.53. The van der Waals surface area contributed by atoms with E-state index in [1.165, 1.54) is 44.6 Å². The summed E-state index contributed by atoms with van der Waals surface area (Å²) in [5.74, 6) is 0.417. The molecule has 7 aromatic rings. The second-order valence-electron chi connectivity index (χ2n) is 13.0. The Bertz CT molecular complexity index is 2840. The zero-order chi connectivity index (χ0) is 31.3. The van der Waals surface area contributed by atoms with Gasteiger partial charge in [-0.3, -0.25) is 15.0 Å². The highest BCUT2D eigenvalue weighted by Crippen LogP contribution is 2.55. The van der Waals surface area contributed by atoms with Crippen LogP contribution in [0.4, 0.5) is 0 Å². The predicted octanol–water partition coefficient (Wildman–Crippen LogP) is 10.0. The van der Waals surface area contributed by atoms with Crippen LogP contribution in [0.25, 0.3) is 65.7 Å². The summed E-state index contributed by atoms with van der Waals surface area (Å²) < 4.78 is 0. The maximum Gasteiger partial charge on any atom is 0.0978 e. The molecule has 4 heteroatoms. The fraction of sp³-hybridized carbons (Fsp3) is 0.0455. The monoisotopic (exact) mass is 610 g/mol. The molecule has 0 saturated carbocycles. The smallest absolute Gasteiger partial charge is 0.0978 e. The quantitative estimate of drug-likeness (QED) is 0.144. The van der Waals surface area contributed by atoms with E-state index < -0.39 is 0 Å². The van der Waals surface area contributed by atoms with Gasteiger partial charge >= 0.3 is 0 Å². The molecule has 3 aromatic carbocycles. The molecule has 11 rings (SSSR count). The first-order chi connectivity index (χ1) is 23.8. The van der Waals surface area contributed by atoms with Crippen molar-refractivity contribution >= 4 is 65.7 Å². The summed E-state index contributed by atoms with van der Waals surface area (Å²) in [6.07, 6.45) is 24.3. The van der Waals surface area contributed by atoms with Crippen LogP contribution in [0.1, 0.15) is 11.1 Å². The van der Waals surface area contributed by atoms with Crippen LogP contribution in [-0.4, -0.2) is 19.9 Å². The molecule has 2 unspecified atom stereocenters. The Hall–Kier alpha value is -6.26. The second-order valence-corrected chi connectivity index (χ2v) is 13.0. The number of fused-ring (bicyclic) bond motifs is 7. The molecule has 222 valence electrons. The summed E-state index contributed by atoms with van der Waals surface area (Å²) in [4.78, 5) is 19.5. The SMILES string of the molecule is C1=CC2=C(c3c4ccccc4nc4c3ccc3cccnc34)C=CC3=CC=C4C(c5cc6cccnc6c6ncccc56)=CC=C1C4C32. The number of hydrogen-bond acceptors (Lipinski definition) is 4. The van der Waals surface area contributed by atoms with Crippen molar-refractivity contribution in [2.45, 2.75) is 0 Å². The van der Waals surface area contributed by atoms with Crippen molar-refractivity contribution in [3.8, 4) is 0 Å². The highest BCUT2D eigenvalue weighted by Gasteiger charge is 2.41. The minimum atomic E-state index is 0.206. The Morgan fingerprint density at radius 3 is 2.15 bits per heavy atom. The highest BCUT2D eigenvalue weighted by atomic mass is 14.7. The first-order valence-corrected chi connectivity index (χ1v) is 16.5. The van der Waals surface area contributed by atoms with Crippen molar-refractivity contribution in [2.24, 2.45) is 11.8 Å². The van der Waals surface area contributed by atoms with Crippen LogP contribution >= 0.6 is 0 Å². The minimum absolute atomic E-state index is 0.206. The molecular weight excluding hydrogens is 585 g/mol. The van der Waals surface area contributed by atoms with Crippen molar-refractivity contribution in [1.82, 2.24) is 19.9 Å². The summed E-state index contributed by atoms with van der Waals surface area (Å²) >= 11 is 0. The zero-order valence-electron chi connectivity index (χ0n) is 25.8. The van der Waals surface area contributed by atoms with Gasteiger partial charge in [0.15, 0.2) is 0 Å². The molecule has 2 atom stereocenters. The van der Waals surface area contributed by atoms with Gasteiger partial charge in [-0.05, 0) is 69.3 Å². The third-order valence-corrected chi connectivity index (χ3v) is 10.6. The van der Waals surface area contributed by atoms with Crippen LogP contribution in [0, 0.1) is 11.8 Å². The van der Waals surface area contributed by atoms with Gasteiger partial charge in [0.25, 0.3) is 0 Å². The van der Waals surface area contributed by atoms with Gasteiger partial charge in [0.05, 0.1) is 27.6 Å². The zero-order valence-corrected chi connectivity index (χ0v) is 25.8. The Morgan fingerprint density at radius 1 is 0.500 bits per heavy atom. The number of nitrogens with zero attached hydrogens (tertiary/aromatic N) is 4. The van der Waals surface area contributed by atoms with Gasteiger partial charge in [0, 0.05) is 62.9 Å². The number of pyridine rings is 4. The number of rotatable bonds is 2. The molecule has 4 heterocycles. The topological polar surface area (TPSA) is 51.6 Å². The molecular formula is C44H26N4. The van der Waals surface area contributed by atoms with Gasteiger partial charge in [0.2, 0.25) is 0 Å². The lowest BCUT2D eigenvalue weighted by atomic mass is 9.61. The van der Waals surface area contributed by atoms with E-state index in [1.54, 1.807) is 0 Å². The van der Waals surface area contributed by atoms with E-state index in [4.69, 9.17) is 19.9 Å². The maximum absolute atomic E-state index is 5.19. The van der Waals surface area contributed by atoms with Gasteiger partial charge < -0.3 is 0 Å². The predicted molar refractivity (Wildman–Crippen MR) is 196 cm³/mol. The molecule has 0 saturated heterocycles. The van der Waals surface area contributed by atoms with E-state index >= 15 is 0 Å². The van der Waals surface area contributed by atoms with E-state index in [0.29, 0.717) is 0 Å². The van der Waals surface area contributed by atoms with Crippen molar-refractivity contribution in [1.29, 1.82) is 0 Å². The molecule has 4 aliphatic carbocycles. The summed E-state index contributed by atoms with van der Waals surface area (Å²) in [7, 11) is 0. The van der Waals surface area contributed by atoms with Crippen molar-refractivity contribution in [2.75, 3.05) is 0 Å². The van der Waals surface area contributed by atoms with Crippen LogP contribution in [-0.2, 0) is 0 Å². The van der Waals surface area contributed by atoms with Crippen molar-refractivity contribution in [3.63, 3.8) is 0 Å².